The summed E-state index contributed by atoms with van der Waals surface area (Å²) >= 11 is 0. The van der Waals surface area contributed by atoms with Crippen molar-refractivity contribution in [3.8, 4) is 6.07 Å². The smallest absolute Gasteiger partial charge is 0.241 e. The molecule has 112 valence electrons. The molecule has 0 saturated heterocycles. The molecule has 1 aromatic rings. The summed E-state index contributed by atoms with van der Waals surface area (Å²) in [5, 5.41) is 9.36. The summed E-state index contributed by atoms with van der Waals surface area (Å²) in [5.74, 6) is -0.195. The molecule has 0 unspecified atom stereocenters. The van der Waals surface area contributed by atoms with Gasteiger partial charge in [-0.1, -0.05) is 31.4 Å². The molecular formula is C15H18N2O3S. The number of sulfonamides is 1. The molecule has 2 rings (SSSR count). The first-order valence-corrected chi connectivity index (χ1v) is 8.43. The van der Waals surface area contributed by atoms with Gasteiger partial charge in [0.15, 0.2) is 5.78 Å². The van der Waals surface area contributed by atoms with Gasteiger partial charge in [0.05, 0.1) is 11.0 Å². The Kier molecular flexibility index (Phi) is 4.45. The molecule has 1 aliphatic carbocycles. The molecular weight excluding hydrogens is 288 g/mol. The second kappa shape index (κ2) is 5.96. The van der Waals surface area contributed by atoms with Gasteiger partial charge in [-0.25, -0.2) is 8.42 Å². The topological polar surface area (TPSA) is 87.0 Å². The maximum Gasteiger partial charge on any atom is 0.241 e. The Labute approximate surface area is 125 Å². The molecule has 0 amide bonds. The Hall–Kier alpha value is -1.71. The number of nitrogens with one attached hydrogen (secondary N) is 1. The van der Waals surface area contributed by atoms with Crippen LogP contribution in [0.5, 0.6) is 0 Å². The van der Waals surface area contributed by atoms with E-state index in [9.17, 15) is 18.5 Å². The number of carbonyl (C=O) groups is 1. The largest absolute Gasteiger partial charge is 0.295 e. The molecule has 1 N–H and O–H groups in total. The van der Waals surface area contributed by atoms with E-state index in [1.165, 1.54) is 25.1 Å². The van der Waals surface area contributed by atoms with E-state index in [1.807, 2.05) is 0 Å². The summed E-state index contributed by atoms with van der Waals surface area (Å²) in [6, 6.07) is 8.01. The van der Waals surface area contributed by atoms with Crippen LogP contribution in [0.25, 0.3) is 0 Å². The Morgan fingerprint density at radius 1 is 1.29 bits per heavy atom. The van der Waals surface area contributed by atoms with E-state index in [-0.39, 0.29) is 10.7 Å². The lowest BCUT2D eigenvalue weighted by Crippen LogP contribution is -2.48. The molecule has 1 fully saturated rings. The number of benzene rings is 1. The summed E-state index contributed by atoms with van der Waals surface area (Å²) in [7, 11) is -3.81. The Morgan fingerprint density at radius 2 is 1.95 bits per heavy atom. The van der Waals surface area contributed by atoms with Crippen LogP contribution in [0.2, 0.25) is 0 Å². The summed E-state index contributed by atoms with van der Waals surface area (Å²) in [6.07, 6.45) is 3.74. The van der Waals surface area contributed by atoms with E-state index < -0.39 is 15.6 Å². The first-order valence-electron chi connectivity index (χ1n) is 6.95. The van der Waals surface area contributed by atoms with Crippen molar-refractivity contribution in [2.75, 3.05) is 0 Å². The monoisotopic (exact) mass is 306 g/mol. The predicted octanol–water partition coefficient (Wildman–Crippen LogP) is 2.39. The van der Waals surface area contributed by atoms with Crippen molar-refractivity contribution in [3.63, 3.8) is 0 Å². The highest BCUT2D eigenvalue weighted by Crippen LogP contribution is 2.29. The summed E-state index contributed by atoms with van der Waals surface area (Å²) in [6.45, 7) is 1.39. The van der Waals surface area contributed by atoms with Crippen LogP contribution < -0.4 is 4.72 Å². The molecule has 0 aromatic heterocycles. The second-order valence-electron chi connectivity index (χ2n) is 5.44. The maximum absolute atomic E-state index is 12.5. The first kappa shape index (κ1) is 15.7. The lowest BCUT2D eigenvalue weighted by Gasteiger charge is -2.31. The highest BCUT2D eigenvalue weighted by molar-refractivity contribution is 7.89. The van der Waals surface area contributed by atoms with Gasteiger partial charge in [0.1, 0.15) is 5.54 Å². The number of nitrogens with zero attached hydrogens (tertiary/aromatic N) is 1. The minimum atomic E-state index is -3.81. The third kappa shape index (κ3) is 3.49. The van der Waals surface area contributed by atoms with Crippen LogP contribution in [-0.2, 0) is 10.0 Å². The Balaban J connectivity index is 2.32. The van der Waals surface area contributed by atoms with Gasteiger partial charge < -0.3 is 0 Å². The standard InChI is InChI=1S/C15H18N2O3S/c1-12(18)13-6-5-7-14(10-13)21(19,20)17-15(11-16)8-3-2-4-9-15/h5-7,10,17H,2-4,8-9H2,1H3. The normalized spacial score (nSPS) is 17.9. The average Bonchev–Trinajstić information content (AvgIpc) is 2.48. The van der Waals surface area contributed by atoms with Crippen LogP contribution in [0, 0.1) is 11.3 Å². The molecule has 0 heterocycles. The number of ketones is 1. The summed E-state index contributed by atoms with van der Waals surface area (Å²) in [5.41, 5.74) is -0.684. The van der Waals surface area contributed by atoms with E-state index >= 15 is 0 Å². The van der Waals surface area contributed by atoms with Crippen LogP contribution in [0.4, 0.5) is 0 Å². The molecule has 0 radical (unpaired) electrons. The first-order chi connectivity index (χ1) is 9.88. The van der Waals surface area contributed by atoms with E-state index in [1.54, 1.807) is 6.07 Å². The van der Waals surface area contributed by atoms with Crippen LogP contribution in [0.3, 0.4) is 0 Å². The zero-order valence-corrected chi connectivity index (χ0v) is 12.7. The molecule has 1 aromatic carbocycles. The van der Waals surface area contributed by atoms with Crippen molar-refractivity contribution < 1.29 is 13.2 Å². The fourth-order valence-corrected chi connectivity index (χ4v) is 4.01. The van der Waals surface area contributed by atoms with Gasteiger partial charge in [0, 0.05) is 5.56 Å². The SMILES string of the molecule is CC(=O)c1cccc(S(=O)(=O)NC2(C#N)CCCCC2)c1. The minimum Gasteiger partial charge on any atom is -0.295 e. The fraction of sp³-hybridized carbons (Fsp3) is 0.467. The summed E-state index contributed by atoms with van der Waals surface area (Å²) in [4.78, 5) is 11.4. The summed E-state index contributed by atoms with van der Waals surface area (Å²) < 4.78 is 27.5. The van der Waals surface area contributed by atoms with Gasteiger partial charge in [-0.3, -0.25) is 4.79 Å². The predicted molar refractivity (Wildman–Crippen MR) is 78.2 cm³/mol. The van der Waals surface area contributed by atoms with Gasteiger partial charge in [-0.15, -0.1) is 0 Å². The molecule has 0 bridgehead atoms. The molecule has 0 atom stereocenters. The van der Waals surface area contributed by atoms with Gasteiger partial charge >= 0.3 is 0 Å². The number of carbonyl (C=O) groups excluding carboxylic acids is 1. The number of hydrogen-bond acceptors (Lipinski definition) is 4. The number of rotatable bonds is 4. The van der Waals surface area contributed by atoms with Crippen molar-refractivity contribution >= 4 is 15.8 Å². The van der Waals surface area contributed by atoms with Gasteiger partial charge in [0.2, 0.25) is 10.0 Å². The lowest BCUT2D eigenvalue weighted by atomic mass is 9.84. The molecule has 21 heavy (non-hydrogen) atoms. The minimum absolute atomic E-state index is 0.0235. The van der Waals surface area contributed by atoms with E-state index in [2.05, 4.69) is 10.8 Å². The average molecular weight is 306 g/mol. The van der Waals surface area contributed by atoms with E-state index in [0.29, 0.717) is 18.4 Å². The van der Waals surface area contributed by atoms with Crippen LogP contribution in [0.15, 0.2) is 29.2 Å². The van der Waals surface area contributed by atoms with Crippen LogP contribution in [0.1, 0.15) is 49.4 Å². The zero-order valence-electron chi connectivity index (χ0n) is 11.9. The quantitative estimate of drug-likeness (QED) is 0.865. The third-order valence-electron chi connectivity index (χ3n) is 3.80. The van der Waals surface area contributed by atoms with Gasteiger partial charge in [0.25, 0.3) is 0 Å². The highest BCUT2D eigenvalue weighted by atomic mass is 32.2. The molecule has 5 nitrogen and oxygen atoms in total. The second-order valence-corrected chi connectivity index (χ2v) is 7.13. The van der Waals surface area contributed by atoms with Gasteiger partial charge in [-0.2, -0.15) is 9.98 Å². The van der Waals surface area contributed by atoms with Crippen LogP contribution >= 0.6 is 0 Å². The molecule has 6 heteroatoms. The van der Waals surface area contributed by atoms with E-state index in [0.717, 1.165) is 19.3 Å². The van der Waals surface area contributed by atoms with Crippen molar-refractivity contribution in [1.29, 1.82) is 5.26 Å². The van der Waals surface area contributed by atoms with Crippen LogP contribution in [-0.4, -0.2) is 19.7 Å². The van der Waals surface area contributed by atoms with E-state index in [4.69, 9.17) is 0 Å². The van der Waals surface area contributed by atoms with Crippen molar-refractivity contribution in [2.24, 2.45) is 0 Å². The molecule has 0 spiro atoms. The molecule has 1 saturated carbocycles. The molecule has 0 aliphatic heterocycles. The third-order valence-corrected chi connectivity index (χ3v) is 5.34. The zero-order chi connectivity index (χ0) is 15.5. The Bertz CT molecular complexity index is 683. The number of Topliss-reactive ketones (excluding diaryl/α,β-unsaturated/α-hetero) is 1. The molecule has 1 aliphatic rings. The maximum atomic E-state index is 12.5. The van der Waals surface area contributed by atoms with Crippen molar-refractivity contribution in [3.05, 3.63) is 29.8 Å². The fourth-order valence-electron chi connectivity index (χ4n) is 2.59. The lowest BCUT2D eigenvalue weighted by molar-refractivity contribution is 0.101. The number of nitriles is 1. The highest BCUT2D eigenvalue weighted by Gasteiger charge is 2.36. The Morgan fingerprint density at radius 3 is 2.52 bits per heavy atom. The van der Waals surface area contributed by atoms with Gasteiger partial charge in [-0.05, 0) is 31.9 Å². The van der Waals surface area contributed by atoms with Crippen molar-refractivity contribution in [2.45, 2.75) is 49.5 Å². The van der Waals surface area contributed by atoms with Crippen molar-refractivity contribution in [1.82, 2.24) is 4.72 Å². The number of hydrogen-bond donors (Lipinski definition) is 1.